The van der Waals surface area contributed by atoms with Gasteiger partial charge in [0.15, 0.2) is 0 Å². The maximum absolute atomic E-state index is 9.57. The van der Waals surface area contributed by atoms with E-state index in [0.717, 1.165) is 24.8 Å². The zero-order valence-corrected chi connectivity index (χ0v) is 8.23. The second kappa shape index (κ2) is 5.02. The number of hydrogen-bond donors (Lipinski definition) is 1. The van der Waals surface area contributed by atoms with E-state index >= 15 is 0 Å². The van der Waals surface area contributed by atoms with E-state index in [2.05, 4.69) is 19.0 Å². The monoisotopic (exact) mass is 183 g/mol. The summed E-state index contributed by atoms with van der Waals surface area (Å²) in [4.78, 5) is 0. The van der Waals surface area contributed by atoms with Gasteiger partial charge in [-0.3, -0.25) is 0 Å². The Balaban J connectivity index is 2.19. The van der Waals surface area contributed by atoms with Gasteiger partial charge in [0, 0.05) is 5.56 Å². The Kier molecular flexibility index (Phi) is 3.96. The Morgan fingerprint density at radius 2 is 2.31 bits per heavy atom. The van der Waals surface area contributed by atoms with Crippen molar-refractivity contribution in [2.45, 2.75) is 39.2 Å². The molecule has 1 aromatic rings. The second-order valence-electron chi connectivity index (χ2n) is 3.85. The summed E-state index contributed by atoms with van der Waals surface area (Å²) in [5, 5.41) is 13.2. The Morgan fingerprint density at radius 3 is 2.85 bits per heavy atom. The molecule has 0 aromatic carbocycles. The maximum atomic E-state index is 9.57. The average molecular weight is 183 g/mol. The van der Waals surface area contributed by atoms with Crippen LogP contribution in [0.25, 0.3) is 0 Å². The summed E-state index contributed by atoms with van der Waals surface area (Å²) in [5.74, 6) is 0.553. The summed E-state index contributed by atoms with van der Waals surface area (Å²) in [6.45, 7) is 4.23. The Morgan fingerprint density at radius 1 is 1.54 bits per heavy atom. The minimum Gasteiger partial charge on any atom is -0.393 e. The molecule has 0 amide bonds. The molecule has 0 aliphatic heterocycles. The van der Waals surface area contributed by atoms with Crippen molar-refractivity contribution in [1.82, 2.24) is 5.16 Å². The normalized spacial score (nSPS) is 13.5. The molecule has 0 saturated carbocycles. The third-order valence-electron chi connectivity index (χ3n) is 1.99. The predicted molar refractivity (Wildman–Crippen MR) is 50.3 cm³/mol. The number of aliphatic hydroxyl groups excluding tert-OH is 1. The highest BCUT2D eigenvalue weighted by Crippen LogP contribution is 2.10. The van der Waals surface area contributed by atoms with Crippen molar-refractivity contribution >= 4 is 0 Å². The van der Waals surface area contributed by atoms with Crippen LogP contribution in [0.3, 0.4) is 0 Å². The molecule has 0 bridgehead atoms. The summed E-state index contributed by atoms with van der Waals surface area (Å²) in [7, 11) is 0. The van der Waals surface area contributed by atoms with Gasteiger partial charge in [0.25, 0.3) is 0 Å². The Bertz CT molecular complexity index is 219. The van der Waals surface area contributed by atoms with Gasteiger partial charge in [0.2, 0.25) is 0 Å². The topological polar surface area (TPSA) is 46.3 Å². The summed E-state index contributed by atoms with van der Waals surface area (Å²) < 4.78 is 4.70. The lowest BCUT2D eigenvalue weighted by molar-refractivity contribution is 0.139. The van der Waals surface area contributed by atoms with E-state index in [4.69, 9.17) is 4.52 Å². The van der Waals surface area contributed by atoms with Crippen molar-refractivity contribution in [2.75, 3.05) is 0 Å². The highest BCUT2D eigenvalue weighted by molar-refractivity contribution is 5.00. The first kappa shape index (κ1) is 10.3. The molecule has 0 fully saturated rings. The van der Waals surface area contributed by atoms with Gasteiger partial charge >= 0.3 is 0 Å². The van der Waals surface area contributed by atoms with Crippen LogP contribution in [0.1, 0.15) is 32.3 Å². The number of hydrogen-bond acceptors (Lipinski definition) is 3. The standard InChI is InChI=1S/C10H17NO2/c1-8(2)5-10(12)4-3-9-6-11-13-7-9/h6-8,10,12H,3-5H2,1-2H3. The predicted octanol–water partition coefficient (Wildman–Crippen LogP) is 2.01. The summed E-state index contributed by atoms with van der Waals surface area (Å²) in [6, 6.07) is 0. The summed E-state index contributed by atoms with van der Waals surface area (Å²) >= 11 is 0. The molecule has 1 atom stereocenters. The van der Waals surface area contributed by atoms with Crippen LogP contribution >= 0.6 is 0 Å². The smallest absolute Gasteiger partial charge is 0.126 e. The van der Waals surface area contributed by atoms with Gasteiger partial charge in [-0.25, -0.2) is 0 Å². The molecule has 3 nitrogen and oxygen atoms in total. The van der Waals surface area contributed by atoms with Crippen LogP contribution in [0.2, 0.25) is 0 Å². The van der Waals surface area contributed by atoms with Crippen LogP contribution in [0, 0.1) is 5.92 Å². The zero-order chi connectivity index (χ0) is 9.68. The highest BCUT2D eigenvalue weighted by Gasteiger charge is 2.07. The van der Waals surface area contributed by atoms with Crippen molar-refractivity contribution in [3.05, 3.63) is 18.0 Å². The molecular formula is C10H17NO2. The van der Waals surface area contributed by atoms with E-state index in [1.807, 2.05) is 0 Å². The van der Waals surface area contributed by atoms with Gasteiger partial charge in [-0.05, 0) is 25.2 Å². The SMILES string of the molecule is CC(C)CC(O)CCc1cnoc1. The van der Waals surface area contributed by atoms with E-state index in [-0.39, 0.29) is 6.10 Å². The van der Waals surface area contributed by atoms with Crippen molar-refractivity contribution in [2.24, 2.45) is 5.92 Å². The number of aryl methyl sites for hydroxylation is 1. The Hall–Kier alpha value is -0.830. The van der Waals surface area contributed by atoms with Crippen molar-refractivity contribution in [3.8, 4) is 0 Å². The zero-order valence-electron chi connectivity index (χ0n) is 8.23. The van der Waals surface area contributed by atoms with Crippen molar-refractivity contribution < 1.29 is 9.63 Å². The molecule has 1 aromatic heterocycles. The highest BCUT2D eigenvalue weighted by atomic mass is 16.5. The minimum atomic E-state index is -0.199. The summed E-state index contributed by atoms with van der Waals surface area (Å²) in [6.07, 6.45) is 5.63. The van der Waals surface area contributed by atoms with E-state index < -0.39 is 0 Å². The lowest BCUT2D eigenvalue weighted by Crippen LogP contribution is -2.10. The van der Waals surface area contributed by atoms with E-state index in [1.54, 1.807) is 12.5 Å². The molecule has 0 aliphatic carbocycles. The van der Waals surface area contributed by atoms with E-state index in [0.29, 0.717) is 5.92 Å². The number of aromatic nitrogens is 1. The van der Waals surface area contributed by atoms with Crippen molar-refractivity contribution in [1.29, 1.82) is 0 Å². The first-order chi connectivity index (χ1) is 6.18. The molecule has 0 spiro atoms. The number of nitrogens with zero attached hydrogens (tertiary/aromatic N) is 1. The molecular weight excluding hydrogens is 166 g/mol. The van der Waals surface area contributed by atoms with E-state index in [9.17, 15) is 5.11 Å². The largest absolute Gasteiger partial charge is 0.393 e. The Labute approximate surface area is 78.7 Å². The number of aliphatic hydroxyl groups is 1. The molecule has 1 unspecified atom stereocenters. The van der Waals surface area contributed by atoms with Crippen LogP contribution < -0.4 is 0 Å². The van der Waals surface area contributed by atoms with Gasteiger partial charge in [-0.2, -0.15) is 0 Å². The quantitative estimate of drug-likeness (QED) is 0.759. The third-order valence-corrected chi connectivity index (χ3v) is 1.99. The molecule has 13 heavy (non-hydrogen) atoms. The van der Waals surface area contributed by atoms with Crippen LogP contribution in [0.5, 0.6) is 0 Å². The summed E-state index contributed by atoms with van der Waals surface area (Å²) in [5.41, 5.74) is 1.06. The van der Waals surface area contributed by atoms with Gasteiger partial charge in [0.05, 0.1) is 12.3 Å². The lowest BCUT2D eigenvalue weighted by Gasteiger charge is -2.11. The second-order valence-corrected chi connectivity index (χ2v) is 3.85. The van der Waals surface area contributed by atoms with Gasteiger partial charge in [-0.15, -0.1) is 0 Å². The lowest BCUT2D eigenvalue weighted by atomic mass is 10.0. The van der Waals surface area contributed by atoms with Crippen LogP contribution in [0.4, 0.5) is 0 Å². The third kappa shape index (κ3) is 4.08. The van der Waals surface area contributed by atoms with E-state index in [1.165, 1.54) is 0 Å². The maximum Gasteiger partial charge on any atom is 0.126 e. The number of rotatable bonds is 5. The first-order valence-electron chi connectivity index (χ1n) is 4.75. The average Bonchev–Trinajstić information content (AvgIpc) is 2.51. The first-order valence-corrected chi connectivity index (χ1v) is 4.75. The molecule has 0 aliphatic rings. The van der Waals surface area contributed by atoms with Gasteiger partial charge in [0.1, 0.15) is 6.26 Å². The molecule has 74 valence electrons. The molecule has 0 radical (unpaired) electrons. The van der Waals surface area contributed by atoms with Gasteiger partial charge in [-0.1, -0.05) is 19.0 Å². The fourth-order valence-electron chi connectivity index (χ4n) is 1.35. The molecule has 0 saturated heterocycles. The van der Waals surface area contributed by atoms with Crippen LogP contribution in [0.15, 0.2) is 17.0 Å². The minimum absolute atomic E-state index is 0.199. The fourth-order valence-corrected chi connectivity index (χ4v) is 1.35. The molecule has 1 N–H and O–H groups in total. The van der Waals surface area contributed by atoms with Crippen LogP contribution in [-0.4, -0.2) is 16.4 Å². The van der Waals surface area contributed by atoms with Crippen LogP contribution in [-0.2, 0) is 6.42 Å². The molecule has 1 heterocycles. The van der Waals surface area contributed by atoms with Crippen molar-refractivity contribution in [3.63, 3.8) is 0 Å². The van der Waals surface area contributed by atoms with Gasteiger partial charge < -0.3 is 9.63 Å². The molecule has 1 rings (SSSR count). The molecule has 3 heteroatoms. The fraction of sp³-hybridized carbons (Fsp3) is 0.700.